The van der Waals surface area contributed by atoms with Gasteiger partial charge in [-0.15, -0.1) is 0 Å². The molecular weight excluding hydrogens is 759 g/mol. The molecule has 0 spiro atoms. The third kappa shape index (κ3) is 9.35. The van der Waals surface area contributed by atoms with E-state index in [0.717, 1.165) is 0 Å². The second-order valence-electron chi connectivity index (χ2n) is 11.5. The van der Waals surface area contributed by atoms with Gasteiger partial charge in [-0.05, 0) is 59.7 Å². The summed E-state index contributed by atoms with van der Waals surface area (Å²) in [5.41, 5.74) is 1.95. The molecule has 0 aliphatic heterocycles. The Morgan fingerprint density at radius 2 is 0.907 bits per heavy atom. The van der Waals surface area contributed by atoms with Crippen LogP contribution in [-0.4, -0.2) is 45.0 Å². The Labute approximate surface area is 352 Å². The molecule has 0 bridgehead atoms. The van der Waals surface area contributed by atoms with E-state index in [1.54, 1.807) is 84.9 Å². The van der Waals surface area contributed by atoms with Gasteiger partial charge in [0, 0.05) is 11.1 Å². The average molecular weight is 783 g/mol. The molecule has 0 fully saturated rings. The minimum Gasteiger partial charge on any atom is -0.716 e. The van der Waals surface area contributed by atoms with E-state index in [9.17, 15) is 35.5 Å². The minimum atomic E-state index is -5.06. The molecule has 7 rings (SSSR count). The molecule has 262 valence electrons. The maximum atomic E-state index is 13.9. The topological polar surface area (TPSA) is 203 Å². The maximum absolute atomic E-state index is 13.9. The molecule has 5 aromatic carbocycles. The summed E-state index contributed by atoms with van der Waals surface area (Å²) in [5, 5.41) is 0.678. The van der Waals surface area contributed by atoms with Crippen LogP contribution in [0.4, 0.5) is 0 Å². The van der Waals surface area contributed by atoms with Crippen molar-refractivity contribution in [3.8, 4) is 34.3 Å². The van der Waals surface area contributed by atoms with E-state index in [-0.39, 0.29) is 106 Å². The maximum Gasteiger partial charge on any atom is 1.00 e. The third-order valence-corrected chi connectivity index (χ3v) is 8.77. The fourth-order valence-corrected chi connectivity index (χ4v) is 6.55. The van der Waals surface area contributed by atoms with Crippen molar-refractivity contribution < 1.29 is 93.4 Å². The van der Waals surface area contributed by atoms with Crippen molar-refractivity contribution in [2.45, 2.75) is 13.1 Å². The molecular formula is C36H24N4Na2O10S2. The number of nitrogens with zero attached hydrogens (tertiary/aromatic N) is 4. The number of hydrogen-bond acceptors (Lipinski definition) is 12. The van der Waals surface area contributed by atoms with Crippen LogP contribution in [0.15, 0.2) is 131 Å². The smallest absolute Gasteiger partial charge is 0.716 e. The average Bonchev–Trinajstić information content (AvgIpc) is 3.09. The predicted molar refractivity (Wildman–Crippen MR) is 188 cm³/mol. The Kier molecular flexibility index (Phi) is 12.6. The molecule has 0 amide bonds. The summed E-state index contributed by atoms with van der Waals surface area (Å²) >= 11 is 0. The van der Waals surface area contributed by atoms with Crippen molar-refractivity contribution in [1.29, 1.82) is 0 Å². The van der Waals surface area contributed by atoms with Crippen LogP contribution in [0.3, 0.4) is 0 Å². The van der Waals surface area contributed by atoms with Gasteiger partial charge in [-0.25, -0.2) is 26.8 Å². The van der Waals surface area contributed by atoms with Gasteiger partial charge in [0.15, 0.2) is 0 Å². The Morgan fingerprint density at radius 3 is 1.31 bits per heavy atom. The van der Waals surface area contributed by atoms with E-state index in [1.807, 2.05) is 0 Å². The molecule has 2 aromatic heterocycles. The summed E-state index contributed by atoms with van der Waals surface area (Å²) in [4.78, 5) is 37.3. The van der Waals surface area contributed by atoms with E-state index in [2.05, 4.69) is 8.37 Å². The Bertz CT molecular complexity index is 2690. The summed E-state index contributed by atoms with van der Waals surface area (Å²) in [7, 11) is -10.1. The van der Waals surface area contributed by atoms with Crippen molar-refractivity contribution in [1.82, 2.24) is 19.1 Å². The van der Waals surface area contributed by atoms with Crippen LogP contribution in [0.1, 0.15) is 11.1 Å². The fourth-order valence-electron chi connectivity index (χ4n) is 5.87. The van der Waals surface area contributed by atoms with E-state index >= 15 is 0 Å². The van der Waals surface area contributed by atoms with E-state index in [1.165, 1.54) is 45.5 Å². The fraction of sp³-hybridized carbons (Fsp3) is 0.0556. The van der Waals surface area contributed by atoms with E-state index in [0.29, 0.717) is 44.1 Å². The number of aromatic nitrogens is 4. The minimum absolute atomic E-state index is 0. The van der Waals surface area contributed by atoms with Crippen LogP contribution in [-0.2, 0) is 33.9 Å². The molecule has 0 atom stereocenters. The quantitative estimate of drug-likeness (QED) is 0.0860. The van der Waals surface area contributed by atoms with Crippen LogP contribution in [0.5, 0.6) is 11.5 Å². The largest absolute Gasteiger partial charge is 1.00 e. The number of fused-ring (bicyclic) bond motifs is 2. The van der Waals surface area contributed by atoms with Crippen LogP contribution < -0.4 is 78.6 Å². The third-order valence-electron chi connectivity index (χ3n) is 7.98. The Morgan fingerprint density at radius 1 is 0.519 bits per heavy atom. The van der Waals surface area contributed by atoms with E-state index < -0.39 is 20.8 Å². The molecule has 54 heavy (non-hydrogen) atoms. The van der Waals surface area contributed by atoms with Gasteiger partial charge in [-0.3, -0.25) is 18.7 Å². The first-order valence-corrected chi connectivity index (χ1v) is 18.1. The van der Waals surface area contributed by atoms with Gasteiger partial charge in [-0.2, -0.15) is 0 Å². The van der Waals surface area contributed by atoms with Crippen molar-refractivity contribution >= 4 is 42.6 Å². The summed E-state index contributed by atoms with van der Waals surface area (Å²) in [6, 6.07) is 31.9. The SMILES string of the molecule is O=c1c2ccccc2nc(-c2cccc(OS(=O)(=O)[O-])c2)n1Cc1cccc(Cn2c(-c3cccc(OS(=O)(=O)[O-])c3)nc3ccccc3c2=O)c1.[Na+].[Na+]. The molecule has 14 nitrogen and oxygen atoms in total. The Balaban J connectivity index is 0.00000280. The molecule has 2 heterocycles. The molecule has 0 aliphatic carbocycles. The summed E-state index contributed by atoms with van der Waals surface area (Å²) < 4.78 is 79.6. The van der Waals surface area contributed by atoms with Crippen LogP contribution in [0.2, 0.25) is 0 Å². The number of rotatable bonds is 10. The molecule has 0 saturated heterocycles. The van der Waals surface area contributed by atoms with Gasteiger partial charge < -0.3 is 17.5 Å². The Hall–Kier alpha value is -4.20. The standard InChI is InChI=1S/C36H26N4O10S2.2Na/c41-35-29-14-1-3-16-31(29)37-33(25-10-6-12-27(19-25)49-51(43,44)45)39(35)21-23-8-5-9-24(18-23)22-40-34(38-32-17-4-2-15-30(32)36(40)42)26-11-7-13-28(20-26)50-52(46,47)48;;/h1-20H,21-22H2,(H,43,44,45)(H,46,47,48);;/q;2*+1/p-2. The van der Waals surface area contributed by atoms with Gasteiger partial charge in [0.1, 0.15) is 23.1 Å². The summed E-state index contributed by atoms with van der Waals surface area (Å²) in [5.74, 6) is -0.134. The molecule has 0 N–H and O–H groups in total. The first kappa shape index (κ1) is 41.0. The molecule has 0 radical (unpaired) electrons. The number of para-hydroxylation sites is 2. The zero-order valence-electron chi connectivity index (χ0n) is 28.6. The van der Waals surface area contributed by atoms with Crippen molar-refractivity contribution in [3.05, 3.63) is 153 Å². The van der Waals surface area contributed by atoms with Crippen molar-refractivity contribution in [2.75, 3.05) is 0 Å². The van der Waals surface area contributed by atoms with Gasteiger partial charge in [0.2, 0.25) is 0 Å². The van der Waals surface area contributed by atoms with Gasteiger partial charge in [0.25, 0.3) is 31.9 Å². The van der Waals surface area contributed by atoms with Gasteiger partial charge in [-0.1, -0.05) is 72.8 Å². The predicted octanol–water partition coefficient (Wildman–Crippen LogP) is -1.78. The zero-order chi connectivity index (χ0) is 36.6. The summed E-state index contributed by atoms with van der Waals surface area (Å²) in [6.07, 6.45) is 0. The molecule has 0 aliphatic rings. The summed E-state index contributed by atoms with van der Waals surface area (Å²) in [6.45, 7) is 0.0110. The number of hydrogen-bond donors (Lipinski definition) is 0. The molecule has 7 aromatic rings. The van der Waals surface area contributed by atoms with Crippen molar-refractivity contribution in [2.24, 2.45) is 0 Å². The monoisotopic (exact) mass is 782 g/mol. The first-order valence-electron chi connectivity index (χ1n) is 15.4. The molecule has 18 heteroatoms. The van der Waals surface area contributed by atoms with Gasteiger partial charge >= 0.3 is 59.1 Å². The zero-order valence-corrected chi connectivity index (χ0v) is 34.3. The second kappa shape index (κ2) is 16.7. The first-order chi connectivity index (χ1) is 24.8. The van der Waals surface area contributed by atoms with Gasteiger partial charge in [0.05, 0.1) is 34.9 Å². The number of benzene rings is 5. The normalized spacial score (nSPS) is 11.4. The van der Waals surface area contributed by atoms with E-state index in [4.69, 9.17) is 9.97 Å². The van der Waals surface area contributed by atoms with Crippen molar-refractivity contribution in [3.63, 3.8) is 0 Å². The molecule has 0 saturated carbocycles. The van der Waals surface area contributed by atoms with Crippen LogP contribution in [0, 0.1) is 0 Å². The second-order valence-corrected chi connectivity index (χ2v) is 13.5. The molecule has 0 unspecified atom stereocenters. The van der Waals surface area contributed by atoms with Crippen LogP contribution in [0.25, 0.3) is 44.6 Å². The van der Waals surface area contributed by atoms with Crippen LogP contribution >= 0.6 is 0 Å².